The van der Waals surface area contributed by atoms with Crippen molar-refractivity contribution < 1.29 is 14.0 Å². The number of hydrogen-bond acceptors (Lipinski definition) is 3. The zero-order valence-corrected chi connectivity index (χ0v) is 18.7. The van der Waals surface area contributed by atoms with Gasteiger partial charge >= 0.3 is 6.03 Å². The zero-order chi connectivity index (χ0) is 23.4. The summed E-state index contributed by atoms with van der Waals surface area (Å²) in [5, 5.41) is 8.69. The van der Waals surface area contributed by atoms with E-state index in [2.05, 4.69) is 20.9 Å². The molecule has 0 bridgehead atoms. The smallest absolute Gasteiger partial charge is 0.323 e. The summed E-state index contributed by atoms with van der Waals surface area (Å²) in [6, 6.07) is 16.3. The van der Waals surface area contributed by atoms with Gasteiger partial charge in [-0.3, -0.25) is 4.79 Å². The lowest BCUT2D eigenvalue weighted by Gasteiger charge is -2.23. The maximum absolute atomic E-state index is 13.2. The van der Waals surface area contributed by atoms with Crippen LogP contribution < -0.4 is 20.9 Å². The molecular weight excluding hydrogens is 419 g/mol. The van der Waals surface area contributed by atoms with Crippen LogP contribution in [-0.2, 0) is 0 Å². The molecule has 0 radical (unpaired) electrons. The molecule has 33 heavy (non-hydrogen) atoms. The van der Waals surface area contributed by atoms with E-state index in [1.165, 1.54) is 24.3 Å². The van der Waals surface area contributed by atoms with Crippen molar-refractivity contribution in [3.8, 4) is 0 Å². The molecule has 1 saturated heterocycles. The SMILES string of the molecule is Cc1ccc(C)c(NC(=O)Nc2cc(NC(=O)c3ccc(F)cc3)ccc2N2CCCC2)c1. The van der Waals surface area contributed by atoms with Gasteiger partial charge in [-0.15, -0.1) is 0 Å². The Morgan fingerprint density at radius 1 is 0.818 bits per heavy atom. The van der Waals surface area contributed by atoms with Crippen LogP contribution in [-0.4, -0.2) is 25.0 Å². The van der Waals surface area contributed by atoms with E-state index in [0.717, 1.165) is 48.4 Å². The minimum atomic E-state index is -0.400. The van der Waals surface area contributed by atoms with Crippen molar-refractivity contribution in [3.63, 3.8) is 0 Å². The second kappa shape index (κ2) is 9.73. The largest absolute Gasteiger partial charge is 0.370 e. The highest BCUT2D eigenvalue weighted by molar-refractivity contribution is 6.06. The number of nitrogens with zero attached hydrogens (tertiary/aromatic N) is 1. The Hall–Kier alpha value is -3.87. The Kier molecular flexibility index (Phi) is 6.58. The number of amides is 3. The number of nitrogens with one attached hydrogen (secondary N) is 3. The quantitative estimate of drug-likeness (QED) is 0.454. The monoisotopic (exact) mass is 446 g/mol. The fourth-order valence-electron chi connectivity index (χ4n) is 3.90. The standard InChI is InChI=1S/C26H27FN4O2/c1-17-5-6-18(2)22(15-17)29-26(33)30-23-16-21(11-12-24(23)31-13-3-4-14-31)28-25(32)19-7-9-20(27)10-8-19/h5-12,15-16H,3-4,13-14H2,1-2H3,(H,28,32)(H2,29,30,33). The molecule has 3 N–H and O–H groups in total. The van der Waals surface area contributed by atoms with Crippen molar-refractivity contribution in [1.82, 2.24) is 0 Å². The molecule has 3 amide bonds. The maximum atomic E-state index is 13.2. The number of benzene rings is 3. The fourth-order valence-corrected chi connectivity index (χ4v) is 3.90. The zero-order valence-electron chi connectivity index (χ0n) is 18.7. The molecule has 4 rings (SSSR count). The Morgan fingerprint density at radius 3 is 2.24 bits per heavy atom. The van der Waals surface area contributed by atoms with Crippen molar-refractivity contribution in [2.75, 3.05) is 33.9 Å². The van der Waals surface area contributed by atoms with Crippen molar-refractivity contribution in [2.45, 2.75) is 26.7 Å². The second-order valence-electron chi connectivity index (χ2n) is 8.28. The van der Waals surface area contributed by atoms with Gasteiger partial charge in [-0.25, -0.2) is 9.18 Å². The average molecular weight is 447 g/mol. The Morgan fingerprint density at radius 2 is 1.52 bits per heavy atom. The lowest BCUT2D eigenvalue weighted by Crippen LogP contribution is -2.24. The molecule has 0 aromatic heterocycles. The number of carbonyl (C=O) groups excluding carboxylic acids is 2. The topological polar surface area (TPSA) is 73.5 Å². The first-order chi connectivity index (χ1) is 15.9. The third-order valence-electron chi connectivity index (χ3n) is 5.70. The fraction of sp³-hybridized carbons (Fsp3) is 0.231. The van der Waals surface area contributed by atoms with E-state index in [1.807, 2.05) is 44.2 Å². The summed E-state index contributed by atoms with van der Waals surface area (Å²) < 4.78 is 13.2. The summed E-state index contributed by atoms with van der Waals surface area (Å²) in [6.45, 7) is 5.74. The lowest BCUT2D eigenvalue weighted by molar-refractivity contribution is 0.102. The maximum Gasteiger partial charge on any atom is 0.323 e. The number of anilines is 4. The van der Waals surface area contributed by atoms with Crippen LogP contribution in [0.4, 0.5) is 31.9 Å². The van der Waals surface area contributed by atoms with Crippen LogP contribution >= 0.6 is 0 Å². The summed E-state index contributed by atoms with van der Waals surface area (Å²) >= 11 is 0. The van der Waals surface area contributed by atoms with Gasteiger partial charge in [-0.05, 0) is 86.3 Å². The van der Waals surface area contributed by atoms with Crippen LogP contribution in [0.3, 0.4) is 0 Å². The number of hydrogen-bond donors (Lipinski definition) is 3. The molecule has 0 saturated carbocycles. The molecule has 3 aromatic carbocycles. The Balaban J connectivity index is 1.56. The van der Waals surface area contributed by atoms with Gasteiger partial charge in [0.2, 0.25) is 0 Å². The second-order valence-corrected chi connectivity index (χ2v) is 8.28. The number of aryl methyl sites for hydroxylation is 2. The van der Waals surface area contributed by atoms with Gasteiger partial charge in [-0.2, -0.15) is 0 Å². The van der Waals surface area contributed by atoms with E-state index in [1.54, 1.807) is 6.07 Å². The predicted octanol–water partition coefficient (Wildman–Crippen LogP) is 5.94. The number of halogens is 1. The molecule has 1 heterocycles. The summed E-state index contributed by atoms with van der Waals surface area (Å²) in [4.78, 5) is 27.6. The minimum Gasteiger partial charge on any atom is -0.370 e. The molecular formula is C26H27FN4O2. The first-order valence-corrected chi connectivity index (χ1v) is 11.0. The number of rotatable bonds is 5. The van der Waals surface area contributed by atoms with Crippen molar-refractivity contribution in [1.29, 1.82) is 0 Å². The van der Waals surface area contributed by atoms with E-state index in [4.69, 9.17) is 0 Å². The highest BCUT2D eigenvalue weighted by Crippen LogP contribution is 2.32. The van der Waals surface area contributed by atoms with Gasteiger partial charge in [0.15, 0.2) is 0 Å². The van der Waals surface area contributed by atoms with Gasteiger partial charge in [-0.1, -0.05) is 12.1 Å². The number of urea groups is 1. The van der Waals surface area contributed by atoms with Gasteiger partial charge < -0.3 is 20.9 Å². The van der Waals surface area contributed by atoms with Crippen LogP contribution in [0, 0.1) is 19.7 Å². The molecule has 0 unspecified atom stereocenters. The molecule has 1 aliphatic heterocycles. The van der Waals surface area contributed by atoms with E-state index >= 15 is 0 Å². The molecule has 0 spiro atoms. The van der Waals surface area contributed by atoms with Crippen LogP contribution in [0.5, 0.6) is 0 Å². The summed E-state index contributed by atoms with van der Waals surface area (Å²) in [7, 11) is 0. The summed E-state index contributed by atoms with van der Waals surface area (Å²) in [6.07, 6.45) is 2.19. The summed E-state index contributed by atoms with van der Waals surface area (Å²) in [5.74, 6) is -0.752. The van der Waals surface area contributed by atoms with Crippen LogP contribution in [0.1, 0.15) is 34.3 Å². The van der Waals surface area contributed by atoms with Crippen molar-refractivity contribution in [3.05, 3.63) is 83.2 Å². The first kappa shape index (κ1) is 22.3. The molecule has 0 atom stereocenters. The summed E-state index contributed by atoms with van der Waals surface area (Å²) in [5.41, 5.74) is 5.17. The molecule has 7 heteroatoms. The highest BCUT2D eigenvalue weighted by atomic mass is 19.1. The van der Waals surface area contributed by atoms with Gasteiger partial charge in [0.25, 0.3) is 5.91 Å². The molecule has 1 fully saturated rings. The van der Waals surface area contributed by atoms with Gasteiger partial charge in [0.1, 0.15) is 5.82 Å². The van der Waals surface area contributed by atoms with Gasteiger partial charge in [0, 0.05) is 30.0 Å². The molecule has 6 nitrogen and oxygen atoms in total. The Bertz CT molecular complexity index is 1170. The van der Waals surface area contributed by atoms with E-state index in [0.29, 0.717) is 16.9 Å². The average Bonchev–Trinajstić information content (AvgIpc) is 3.31. The molecule has 1 aliphatic rings. The van der Waals surface area contributed by atoms with Crippen molar-refractivity contribution in [2.24, 2.45) is 0 Å². The first-order valence-electron chi connectivity index (χ1n) is 11.0. The van der Waals surface area contributed by atoms with Crippen LogP contribution in [0.25, 0.3) is 0 Å². The molecule has 170 valence electrons. The van der Waals surface area contributed by atoms with Crippen molar-refractivity contribution >= 4 is 34.7 Å². The van der Waals surface area contributed by atoms with Crippen LogP contribution in [0.2, 0.25) is 0 Å². The van der Waals surface area contributed by atoms with E-state index < -0.39 is 5.82 Å². The minimum absolute atomic E-state index is 0.349. The van der Waals surface area contributed by atoms with E-state index in [9.17, 15) is 14.0 Å². The van der Waals surface area contributed by atoms with E-state index in [-0.39, 0.29) is 11.9 Å². The van der Waals surface area contributed by atoms with Gasteiger partial charge in [0.05, 0.1) is 11.4 Å². The predicted molar refractivity (Wildman–Crippen MR) is 131 cm³/mol. The third-order valence-corrected chi connectivity index (χ3v) is 5.70. The normalized spacial score (nSPS) is 13.0. The third kappa shape index (κ3) is 5.49. The number of carbonyl (C=O) groups is 2. The lowest BCUT2D eigenvalue weighted by atomic mass is 10.1. The van der Waals surface area contributed by atoms with Crippen LogP contribution in [0.15, 0.2) is 60.7 Å². The highest BCUT2D eigenvalue weighted by Gasteiger charge is 2.18. The Labute approximate surface area is 192 Å². The molecule has 0 aliphatic carbocycles. The molecule has 3 aromatic rings.